The topological polar surface area (TPSA) is 88.5 Å². The number of carbonyl (C=O) groups excluding carboxylic acids is 1. The van der Waals surface area contributed by atoms with Gasteiger partial charge in [0.1, 0.15) is 5.82 Å². The number of hydrogen-bond donors (Lipinski definition) is 2. The molecule has 27 heavy (non-hydrogen) atoms. The molecule has 0 spiro atoms. The monoisotopic (exact) mass is 405 g/mol. The molecule has 1 aliphatic rings. The van der Waals surface area contributed by atoms with Crippen molar-refractivity contribution in [1.29, 1.82) is 0 Å². The Balaban J connectivity index is 1.88. The summed E-state index contributed by atoms with van der Waals surface area (Å²) in [7, 11) is 0. The van der Waals surface area contributed by atoms with Gasteiger partial charge < -0.3 is 10.6 Å². The summed E-state index contributed by atoms with van der Waals surface area (Å²) in [5.74, 6) is 6.65. The molecule has 2 heterocycles. The van der Waals surface area contributed by atoms with E-state index >= 15 is 0 Å². The fourth-order valence-corrected chi connectivity index (χ4v) is 3.51. The number of benzene rings is 1. The number of amides is 1. The van der Waals surface area contributed by atoms with E-state index in [0.717, 1.165) is 11.3 Å². The number of anilines is 1. The van der Waals surface area contributed by atoms with Crippen LogP contribution in [0.2, 0.25) is 10.0 Å². The number of aryl methyl sites for hydroxylation is 1. The van der Waals surface area contributed by atoms with Crippen LogP contribution in [0.1, 0.15) is 29.3 Å². The third kappa shape index (κ3) is 3.74. The van der Waals surface area contributed by atoms with Crippen LogP contribution >= 0.6 is 23.2 Å². The van der Waals surface area contributed by atoms with Crippen LogP contribution in [0.15, 0.2) is 47.9 Å². The van der Waals surface area contributed by atoms with Gasteiger partial charge in [0.05, 0.1) is 33.0 Å². The lowest BCUT2D eigenvalue weighted by molar-refractivity contribution is 0.0704. The predicted octanol–water partition coefficient (Wildman–Crippen LogP) is 3.48. The highest BCUT2D eigenvalue weighted by molar-refractivity contribution is 6.43. The quantitative estimate of drug-likeness (QED) is 0.602. The summed E-state index contributed by atoms with van der Waals surface area (Å²) < 4.78 is 0. The van der Waals surface area contributed by atoms with Crippen LogP contribution in [-0.4, -0.2) is 28.4 Å². The van der Waals surface area contributed by atoms with Gasteiger partial charge in [-0.05, 0) is 43.7 Å². The predicted molar refractivity (Wildman–Crippen MR) is 108 cm³/mol. The summed E-state index contributed by atoms with van der Waals surface area (Å²) in [6, 6.07) is 8.44. The second-order valence-corrected chi connectivity index (χ2v) is 7.27. The second kappa shape index (κ2) is 7.76. The van der Waals surface area contributed by atoms with Crippen molar-refractivity contribution in [3.05, 3.63) is 69.1 Å². The van der Waals surface area contributed by atoms with Crippen LogP contribution in [0.25, 0.3) is 0 Å². The van der Waals surface area contributed by atoms with Gasteiger partial charge in [-0.1, -0.05) is 29.3 Å². The molecule has 1 unspecified atom stereocenters. The molecule has 1 aromatic heterocycles. The number of nitrogens with two attached hydrogens (primary N) is 2. The first-order valence-corrected chi connectivity index (χ1v) is 9.27. The number of aromatic nitrogens is 1. The van der Waals surface area contributed by atoms with Crippen LogP contribution in [0.3, 0.4) is 0 Å². The fourth-order valence-electron chi connectivity index (χ4n) is 3.12. The number of nitrogens with zero attached hydrogens (tertiary/aromatic N) is 3. The van der Waals surface area contributed by atoms with Crippen molar-refractivity contribution in [2.45, 2.75) is 26.3 Å². The van der Waals surface area contributed by atoms with Gasteiger partial charge in [-0.2, -0.15) is 0 Å². The average Bonchev–Trinajstić information content (AvgIpc) is 2.65. The highest BCUT2D eigenvalue weighted by Crippen LogP contribution is 2.30. The summed E-state index contributed by atoms with van der Waals surface area (Å²) in [5, 5.41) is 2.08. The number of hydrogen-bond acceptors (Lipinski definition) is 5. The van der Waals surface area contributed by atoms with E-state index in [0.29, 0.717) is 35.1 Å². The lowest BCUT2D eigenvalue weighted by Gasteiger charge is -2.37. The standard InChI is InChI=1S/C19H21Cl2N5O/c1-11-6-8-24-16(10-11)26(23)15-7-9-25(12(2)18(15)22)19(27)13-4-3-5-14(20)17(13)21/h3-6,8,10,12H,7,9,22-23H2,1-2H3. The van der Waals surface area contributed by atoms with E-state index in [1.165, 1.54) is 5.01 Å². The zero-order chi connectivity index (χ0) is 19.7. The maximum atomic E-state index is 13.0. The number of carbonyl (C=O) groups is 1. The van der Waals surface area contributed by atoms with Crippen LogP contribution < -0.4 is 16.6 Å². The van der Waals surface area contributed by atoms with Gasteiger partial charge in [0.25, 0.3) is 5.91 Å². The van der Waals surface area contributed by atoms with E-state index in [-0.39, 0.29) is 17.0 Å². The summed E-state index contributed by atoms with van der Waals surface area (Å²) in [6.45, 7) is 4.29. The van der Waals surface area contributed by atoms with Crippen molar-refractivity contribution < 1.29 is 4.79 Å². The van der Waals surface area contributed by atoms with Gasteiger partial charge in [-0.3, -0.25) is 9.80 Å². The van der Waals surface area contributed by atoms with Crippen molar-refractivity contribution in [1.82, 2.24) is 9.88 Å². The number of pyridine rings is 1. The van der Waals surface area contributed by atoms with Gasteiger partial charge in [0.2, 0.25) is 0 Å². The fraction of sp³-hybridized carbons (Fsp3) is 0.263. The van der Waals surface area contributed by atoms with Crippen LogP contribution in [-0.2, 0) is 0 Å². The van der Waals surface area contributed by atoms with Crippen molar-refractivity contribution in [3.63, 3.8) is 0 Å². The first-order valence-electron chi connectivity index (χ1n) is 8.52. The Labute approximate surface area is 168 Å². The Morgan fingerprint density at radius 3 is 2.78 bits per heavy atom. The molecule has 3 rings (SSSR count). The molecule has 1 atom stereocenters. The molecule has 2 aromatic rings. The maximum Gasteiger partial charge on any atom is 0.255 e. The first kappa shape index (κ1) is 19.5. The second-order valence-electron chi connectivity index (χ2n) is 6.49. The Morgan fingerprint density at radius 1 is 1.33 bits per heavy atom. The van der Waals surface area contributed by atoms with Crippen LogP contribution in [0.5, 0.6) is 0 Å². The summed E-state index contributed by atoms with van der Waals surface area (Å²) in [5.41, 5.74) is 9.03. The van der Waals surface area contributed by atoms with Crippen LogP contribution in [0, 0.1) is 6.92 Å². The van der Waals surface area contributed by atoms with E-state index in [1.807, 2.05) is 26.0 Å². The zero-order valence-electron chi connectivity index (χ0n) is 15.1. The molecule has 4 N–H and O–H groups in total. The number of rotatable bonds is 3. The molecule has 1 aromatic carbocycles. The SMILES string of the molecule is Cc1ccnc(N(N)C2=C(N)C(C)N(C(=O)c3cccc(Cl)c3Cl)CC2)c1. The third-order valence-corrected chi connectivity index (χ3v) is 5.54. The van der Waals surface area contributed by atoms with Crippen molar-refractivity contribution in [2.75, 3.05) is 11.6 Å². The highest BCUT2D eigenvalue weighted by atomic mass is 35.5. The third-order valence-electron chi connectivity index (χ3n) is 4.72. The Hall–Kier alpha value is -2.28. The molecule has 1 aliphatic heterocycles. The van der Waals surface area contributed by atoms with E-state index in [1.54, 1.807) is 29.3 Å². The molecule has 1 amide bonds. The molecular weight excluding hydrogens is 385 g/mol. The molecule has 0 saturated heterocycles. The van der Waals surface area contributed by atoms with Gasteiger partial charge in [-0.25, -0.2) is 10.8 Å². The summed E-state index contributed by atoms with van der Waals surface area (Å²) in [4.78, 5) is 18.9. The normalized spacial score (nSPS) is 17.2. The minimum absolute atomic E-state index is 0.214. The molecular formula is C19H21Cl2N5O. The lowest BCUT2D eigenvalue weighted by atomic mass is 10.0. The summed E-state index contributed by atoms with van der Waals surface area (Å²) in [6.07, 6.45) is 2.21. The van der Waals surface area contributed by atoms with E-state index in [4.69, 9.17) is 34.8 Å². The average molecular weight is 406 g/mol. The molecule has 0 saturated carbocycles. The van der Waals surface area contributed by atoms with E-state index in [9.17, 15) is 4.79 Å². The van der Waals surface area contributed by atoms with Gasteiger partial charge in [-0.15, -0.1) is 0 Å². The Bertz CT molecular complexity index is 915. The molecule has 8 heteroatoms. The highest BCUT2D eigenvalue weighted by Gasteiger charge is 2.32. The lowest BCUT2D eigenvalue weighted by Crippen LogP contribution is -2.49. The number of hydrazine groups is 1. The van der Waals surface area contributed by atoms with Crippen LogP contribution in [0.4, 0.5) is 5.82 Å². The van der Waals surface area contributed by atoms with Gasteiger partial charge in [0, 0.05) is 19.2 Å². The first-order chi connectivity index (χ1) is 12.8. The van der Waals surface area contributed by atoms with Crippen molar-refractivity contribution in [2.24, 2.45) is 11.6 Å². The molecule has 0 aliphatic carbocycles. The number of halogens is 2. The molecule has 6 nitrogen and oxygen atoms in total. The summed E-state index contributed by atoms with van der Waals surface area (Å²) >= 11 is 12.2. The maximum absolute atomic E-state index is 13.0. The Morgan fingerprint density at radius 2 is 2.07 bits per heavy atom. The van der Waals surface area contributed by atoms with Crippen molar-refractivity contribution in [3.8, 4) is 0 Å². The molecule has 0 radical (unpaired) electrons. The van der Waals surface area contributed by atoms with Gasteiger partial charge in [0.15, 0.2) is 0 Å². The van der Waals surface area contributed by atoms with Gasteiger partial charge >= 0.3 is 0 Å². The largest absolute Gasteiger partial charge is 0.399 e. The van der Waals surface area contributed by atoms with E-state index < -0.39 is 0 Å². The van der Waals surface area contributed by atoms with Crippen molar-refractivity contribution >= 4 is 34.9 Å². The molecule has 0 bridgehead atoms. The molecule has 0 fully saturated rings. The van der Waals surface area contributed by atoms with E-state index in [2.05, 4.69) is 4.98 Å². The molecule has 142 valence electrons. The smallest absolute Gasteiger partial charge is 0.255 e. The zero-order valence-corrected chi connectivity index (χ0v) is 16.6. The minimum Gasteiger partial charge on any atom is -0.399 e. The minimum atomic E-state index is -0.341. The Kier molecular flexibility index (Phi) is 5.60.